The van der Waals surface area contributed by atoms with Gasteiger partial charge >= 0.3 is 6.09 Å². The van der Waals surface area contributed by atoms with Gasteiger partial charge in [-0.25, -0.2) is 4.79 Å². The SMILES string of the molecule is CCCCN(C(=O)C(Cc1ccccc1)NC(=O)OC(C)(C)C)C(C(=O)Nc1ccc2ccccc2c1)c1cc(C)cc(C)c1. The molecule has 2 N–H and O–H groups in total. The van der Waals surface area contributed by atoms with Crippen LogP contribution in [0.2, 0.25) is 0 Å². The maximum atomic E-state index is 14.6. The van der Waals surface area contributed by atoms with Gasteiger partial charge in [0.05, 0.1) is 0 Å². The van der Waals surface area contributed by atoms with E-state index in [0.717, 1.165) is 33.9 Å². The van der Waals surface area contributed by atoms with Crippen molar-refractivity contribution in [1.82, 2.24) is 10.2 Å². The molecule has 4 rings (SSSR count). The predicted molar refractivity (Wildman–Crippen MR) is 181 cm³/mol. The first kappa shape index (κ1) is 33.2. The quantitative estimate of drug-likeness (QED) is 0.181. The van der Waals surface area contributed by atoms with Crippen LogP contribution in [0.25, 0.3) is 10.8 Å². The average Bonchev–Trinajstić information content (AvgIpc) is 2.97. The highest BCUT2D eigenvalue weighted by molar-refractivity contribution is 6.00. The van der Waals surface area contributed by atoms with E-state index in [9.17, 15) is 14.4 Å². The summed E-state index contributed by atoms with van der Waals surface area (Å²) in [4.78, 5) is 43.7. The molecule has 0 radical (unpaired) electrons. The minimum atomic E-state index is -0.957. The van der Waals surface area contributed by atoms with E-state index in [0.29, 0.717) is 24.2 Å². The number of nitrogens with one attached hydrogen (secondary N) is 2. The van der Waals surface area contributed by atoms with Gasteiger partial charge in [-0.05, 0) is 75.1 Å². The minimum Gasteiger partial charge on any atom is -0.444 e. The van der Waals surface area contributed by atoms with Crippen molar-refractivity contribution < 1.29 is 19.1 Å². The molecule has 0 saturated heterocycles. The number of hydrogen-bond donors (Lipinski definition) is 2. The molecule has 7 nitrogen and oxygen atoms in total. The largest absolute Gasteiger partial charge is 0.444 e. The Bertz CT molecular complexity index is 1610. The van der Waals surface area contributed by atoms with Gasteiger partial charge in [-0.3, -0.25) is 9.59 Å². The number of carbonyl (C=O) groups is 3. The van der Waals surface area contributed by atoms with Crippen LogP contribution < -0.4 is 10.6 Å². The summed E-state index contributed by atoms with van der Waals surface area (Å²) in [5.74, 6) is -0.675. The maximum absolute atomic E-state index is 14.6. The van der Waals surface area contributed by atoms with Gasteiger partial charge in [-0.1, -0.05) is 103 Å². The van der Waals surface area contributed by atoms with Crippen LogP contribution in [0.1, 0.15) is 68.8 Å². The lowest BCUT2D eigenvalue weighted by molar-refractivity contribution is -0.140. The minimum absolute atomic E-state index is 0.243. The van der Waals surface area contributed by atoms with E-state index in [-0.39, 0.29) is 18.2 Å². The third kappa shape index (κ3) is 9.42. The number of aryl methyl sites for hydroxylation is 2. The molecule has 7 heteroatoms. The molecule has 2 unspecified atom stereocenters. The highest BCUT2D eigenvalue weighted by atomic mass is 16.6. The van der Waals surface area contributed by atoms with E-state index in [1.165, 1.54) is 0 Å². The zero-order valence-corrected chi connectivity index (χ0v) is 27.2. The molecule has 0 aromatic heterocycles. The van der Waals surface area contributed by atoms with Crippen molar-refractivity contribution in [3.8, 4) is 0 Å². The zero-order valence-electron chi connectivity index (χ0n) is 27.2. The fourth-order valence-electron chi connectivity index (χ4n) is 5.51. The Balaban J connectivity index is 1.76. The third-order valence-electron chi connectivity index (χ3n) is 7.44. The molecule has 236 valence electrons. The van der Waals surface area contributed by atoms with E-state index in [2.05, 4.69) is 10.6 Å². The molecule has 0 fully saturated rings. The van der Waals surface area contributed by atoms with Gasteiger partial charge in [0.15, 0.2) is 0 Å². The molecular formula is C38H45N3O4. The Labute approximate surface area is 267 Å². The van der Waals surface area contributed by atoms with E-state index < -0.39 is 23.8 Å². The smallest absolute Gasteiger partial charge is 0.408 e. The summed E-state index contributed by atoms with van der Waals surface area (Å²) in [7, 11) is 0. The van der Waals surface area contributed by atoms with Crippen LogP contribution in [0, 0.1) is 13.8 Å². The highest BCUT2D eigenvalue weighted by Gasteiger charge is 2.36. The number of benzene rings is 4. The van der Waals surface area contributed by atoms with Crippen molar-refractivity contribution in [2.75, 3.05) is 11.9 Å². The number of carbonyl (C=O) groups excluding carboxylic acids is 3. The number of fused-ring (bicyclic) bond motifs is 1. The van der Waals surface area contributed by atoms with E-state index >= 15 is 0 Å². The Hall–Kier alpha value is -4.65. The summed E-state index contributed by atoms with van der Waals surface area (Å²) < 4.78 is 5.56. The molecule has 0 aliphatic rings. The fraction of sp³-hybridized carbons (Fsp3) is 0.342. The second kappa shape index (κ2) is 14.9. The monoisotopic (exact) mass is 607 g/mol. The Morgan fingerprint density at radius 2 is 1.47 bits per heavy atom. The van der Waals surface area contributed by atoms with E-state index in [1.807, 2.05) is 112 Å². The standard InChI is InChI=1S/C38H45N3O4/c1-7-8-20-41(36(43)33(24-28-14-10-9-11-15-28)40-37(44)45-38(4,5)6)34(31-22-26(2)21-27(3)23-31)35(42)39-32-19-18-29-16-12-13-17-30(29)25-32/h9-19,21-23,25,33-34H,7-8,20,24H2,1-6H3,(H,39,42)(H,40,44). The van der Waals surface area contributed by atoms with E-state index in [4.69, 9.17) is 4.74 Å². The fourth-order valence-corrected chi connectivity index (χ4v) is 5.51. The van der Waals surface area contributed by atoms with Crippen molar-refractivity contribution in [2.24, 2.45) is 0 Å². The maximum Gasteiger partial charge on any atom is 0.408 e. The van der Waals surface area contributed by atoms with Crippen molar-refractivity contribution >= 4 is 34.4 Å². The van der Waals surface area contributed by atoms with Crippen molar-refractivity contribution in [2.45, 2.75) is 78.5 Å². The Morgan fingerprint density at radius 1 is 0.822 bits per heavy atom. The summed E-state index contributed by atoms with van der Waals surface area (Å²) in [5.41, 5.74) is 3.47. The topological polar surface area (TPSA) is 87.7 Å². The second-order valence-corrected chi connectivity index (χ2v) is 12.6. The number of hydrogen-bond acceptors (Lipinski definition) is 4. The molecule has 0 saturated carbocycles. The number of ether oxygens (including phenoxy) is 1. The lowest BCUT2D eigenvalue weighted by Crippen LogP contribution is -2.53. The number of anilines is 1. The second-order valence-electron chi connectivity index (χ2n) is 12.6. The zero-order chi connectivity index (χ0) is 32.6. The Kier molecular flexibility index (Phi) is 11.0. The molecule has 0 aliphatic carbocycles. The van der Waals surface area contributed by atoms with Gasteiger partial charge in [0, 0.05) is 18.7 Å². The molecular weight excluding hydrogens is 562 g/mol. The van der Waals surface area contributed by atoms with Crippen LogP contribution in [0.15, 0.2) is 91.0 Å². The summed E-state index contributed by atoms with van der Waals surface area (Å²) in [6.07, 6.45) is 1.06. The first-order valence-corrected chi connectivity index (χ1v) is 15.7. The molecule has 0 heterocycles. The van der Waals surface area contributed by atoms with E-state index in [1.54, 1.807) is 25.7 Å². The van der Waals surface area contributed by atoms with Crippen LogP contribution in [0.5, 0.6) is 0 Å². The number of alkyl carbamates (subject to hydrolysis) is 1. The third-order valence-corrected chi connectivity index (χ3v) is 7.44. The summed E-state index contributed by atoms with van der Waals surface area (Å²) in [5, 5.41) is 8.00. The molecule has 2 atom stereocenters. The van der Waals surface area contributed by atoms with Gasteiger partial charge in [0.1, 0.15) is 17.7 Å². The first-order chi connectivity index (χ1) is 21.4. The van der Waals surface area contributed by atoms with Gasteiger partial charge < -0.3 is 20.3 Å². The molecule has 45 heavy (non-hydrogen) atoms. The molecule has 0 bridgehead atoms. The van der Waals surface area contributed by atoms with Crippen molar-refractivity contribution in [3.63, 3.8) is 0 Å². The number of unbranched alkanes of at least 4 members (excludes halogenated alkanes) is 1. The number of rotatable bonds is 11. The Morgan fingerprint density at radius 3 is 2.11 bits per heavy atom. The van der Waals surface area contributed by atoms with Crippen molar-refractivity contribution in [1.29, 1.82) is 0 Å². The predicted octanol–water partition coefficient (Wildman–Crippen LogP) is 7.90. The van der Waals surface area contributed by atoms with Crippen LogP contribution in [0.3, 0.4) is 0 Å². The van der Waals surface area contributed by atoms with Gasteiger partial charge in [0.2, 0.25) is 5.91 Å². The lowest BCUT2D eigenvalue weighted by atomic mass is 9.97. The molecule has 3 amide bonds. The van der Waals surface area contributed by atoms with Gasteiger partial charge in [0.25, 0.3) is 5.91 Å². The first-order valence-electron chi connectivity index (χ1n) is 15.7. The van der Waals surface area contributed by atoms with Crippen LogP contribution in [-0.2, 0) is 20.7 Å². The lowest BCUT2D eigenvalue weighted by Gasteiger charge is -2.35. The molecule has 4 aromatic carbocycles. The normalized spacial score (nSPS) is 12.7. The molecule has 0 aliphatic heterocycles. The number of nitrogens with zero attached hydrogens (tertiary/aromatic N) is 1. The summed E-state index contributed by atoms with van der Waals surface area (Å²) in [6.45, 7) is 11.7. The number of amides is 3. The molecule has 0 spiro atoms. The highest BCUT2D eigenvalue weighted by Crippen LogP contribution is 2.28. The summed E-state index contributed by atoms with van der Waals surface area (Å²) >= 11 is 0. The average molecular weight is 608 g/mol. The van der Waals surface area contributed by atoms with Crippen LogP contribution in [0.4, 0.5) is 10.5 Å². The van der Waals surface area contributed by atoms with Crippen LogP contribution in [-0.4, -0.2) is 41.0 Å². The van der Waals surface area contributed by atoms with Gasteiger partial charge in [-0.15, -0.1) is 0 Å². The summed E-state index contributed by atoms with van der Waals surface area (Å²) in [6, 6.07) is 27.3. The van der Waals surface area contributed by atoms with Crippen LogP contribution >= 0.6 is 0 Å². The van der Waals surface area contributed by atoms with Crippen molar-refractivity contribution in [3.05, 3.63) is 113 Å². The molecule has 4 aromatic rings. The van der Waals surface area contributed by atoms with Gasteiger partial charge in [-0.2, -0.15) is 0 Å².